The smallest absolute Gasteiger partial charge is 0.0429 e. The first-order valence-electron chi connectivity index (χ1n) is 9.97. The zero-order chi connectivity index (χ0) is 19.6. The molecule has 1 N–H and O–H groups in total. The van der Waals surface area contributed by atoms with Crippen LogP contribution in [0.4, 0.5) is 5.69 Å². The number of anilines is 1. The Morgan fingerprint density at radius 1 is 0.893 bits per heavy atom. The molecule has 0 saturated carbocycles. The van der Waals surface area contributed by atoms with Crippen LogP contribution < -0.4 is 10.2 Å². The van der Waals surface area contributed by atoms with E-state index in [9.17, 15) is 0 Å². The van der Waals surface area contributed by atoms with E-state index < -0.39 is 0 Å². The van der Waals surface area contributed by atoms with Crippen LogP contribution in [-0.4, -0.2) is 19.6 Å². The molecule has 0 amide bonds. The lowest BCUT2D eigenvalue weighted by atomic mass is 10.1. The maximum Gasteiger partial charge on any atom is 0.0429 e. The van der Waals surface area contributed by atoms with Gasteiger partial charge < -0.3 is 10.2 Å². The van der Waals surface area contributed by atoms with Gasteiger partial charge in [0.25, 0.3) is 0 Å². The molecule has 1 saturated heterocycles. The molecule has 1 unspecified atom stereocenters. The maximum atomic E-state index is 6.02. The van der Waals surface area contributed by atoms with Gasteiger partial charge in [-0.25, -0.2) is 0 Å². The molecule has 2 nitrogen and oxygen atoms in total. The van der Waals surface area contributed by atoms with Gasteiger partial charge in [-0.2, -0.15) is 0 Å². The highest BCUT2D eigenvalue weighted by Gasteiger charge is 2.18. The van der Waals surface area contributed by atoms with Gasteiger partial charge in [0.05, 0.1) is 0 Å². The summed E-state index contributed by atoms with van der Waals surface area (Å²) in [7, 11) is 0. The minimum atomic E-state index is 0.726. The number of halogens is 1. The lowest BCUT2D eigenvalue weighted by molar-refractivity contribution is 0.558. The van der Waals surface area contributed by atoms with Crippen molar-refractivity contribution in [1.82, 2.24) is 5.32 Å². The summed E-state index contributed by atoms with van der Waals surface area (Å²) in [4.78, 5) is 2.46. The Morgan fingerprint density at radius 3 is 2.07 bits per heavy atom. The van der Waals surface area contributed by atoms with Crippen LogP contribution in [0.2, 0.25) is 5.02 Å². The Morgan fingerprint density at radius 2 is 1.54 bits per heavy atom. The minimum Gasteiger partial charge on any atom is -0.367 e. The predicted octanol–water partition coefficient (Wildman–Crippen LogP) is 5.95. The summed E-state index contributed by atoms with van der Waals surface area (Å²) >= 11 is 6.02. The second kappa shape index (κ2) is 10.9. The van der Waals surface area contributed by atoms with E-state index in [0.29, 0.717) is 0 Å². The minimum absolute atomic E-state index is 0.726. The zero-order valence-electron chi connectivity index (χ0n) is 16.5. The normalized spacial score (nSPS) is 15.6. The van der Waals surface area contributed by atoms with Gasteiger partial charge in [0, 0.05) is 23.8 Å². The molecular weight excluding hydrogens is 364 g/mol. The predicted molar refractivity (Wildman–Crippen MR) is 121 cm³/mol. The topological polar surface area (TPSA) is 15.3 Å². The van der Waals surface area contributed by atoms with Gasteiger partial charge in [0.15, 0.2) is 0 Å². The molecular formula is C25H29ClN2. The molecule has 1 aliphatic heterocycles. The number of hydrogen-bond acceptors (Lipinski definition) is 2. The van der Waals surface area contributed by atoms with Crippen molar-refractivity contribution in [1.29, 1.82) is 0 Å². The van der Waals surface area contributed by atoms with Crippen LogP contribution in [-0.2, 0) is 6.54 Å². The van der Waals surface area contributed by atoms with E-state index >= 15 is 0 Å². The fourth-order valence-corrected chi connectivity index (χ4v) is 3.56. The van der Waals surface area contributed by atoms with Crippen LogP contribution in [0, 0.1) is 12.8 Å². The molecule has 3 aromatic carbocycles. The van der Waals surface area contributed by atoms with E-state index in [1.54, 1.807) is 0 Å². The van der Waals surface area contributed by atoms with Gasteiger partial charge in [-0.05, 0) is 62.2 Å². The van der Waals surface area contributed by atoms with Crippen LogP contribution in [0.1, 0.15) is 17.5 Å². The number of nitrogens with zero attached hydrogens (tertiary/aromatic N) is 1. The molecule has 1 aliphatic rings. The molecule has 0 aliphatic carbocycles. The van der Waals surface area contributed by atoms with Crippen LogP contribution in [0.5, 0.6) is 0 Å². The molecule has 28 heavy (non-hydrogen) atoms. The highest BCUT2D eigenvalue weighted by molar-refractivity contribution is 6.30. The Bertz CT molecular complexity index is 797. The third kappa shape index (κ3) is 6.70. The summed E-state index contributed by atoms with van der Waals surface area (Å²) in [6.07, 6.45) is 1.26. The SMILES string of the molecule is Cc1ccccc1.Clc1ccc(N(Cc2ccccc2)CC2CCNC2)cc1. The highest BCUT2D eigenvalue weighted by Crippen LogP contribution is 2.23. The van der Waals surface area contributed by atoms with Crippen LogP contribution >= 0.6 is 11.6 Å². The summed E-state index contributed by atoms with van der Waals surface area (Å²) in [5.41, 5.74) is 3.91. The lowest BCUT2D eigenvalue weighted by Gasteiger charge is -2.28. The summed E-state index contributed by atoms with van der Waals surface area (Å²) in [6.45, 7) is 6.38. The average Bonchev–Trinajstić information content (AvgIpc) is 3.23. The van der Waals surface area contributed by atoms with Gasteiger partial charge in [-0.1, -0.05) is 77.8 Å². The number of aryl methyl sites for hydroxylation is 1. The molecule has 1 atom stereocenters. The molecule has 0 radical (unpaired) electrons. The zero-order valence-corrected chi connectivity index (χ0v) is 17.3. The van der Waals surface area contributed by atoms with Crippen molar-refractivity contribution in [2.24, 2.45) is 5.92 Å². The van der Waals surface area contributed by atoms with Gasteiger partial charge in [-0.3, -0.25) is 0 Å². The number of rotatable bonds is 5. The molecule has 1 fully saturated rings. The van der Waals surface area contributed by atoms with Crippen molar-refractivity contribution in [3.63, 3.8) is 0 Å². The number of nitrogens with one attached hydrogen (secondary N) is 1. The summed E-state index contributed by atoms with van der Waals surface area (Å²) in [5.74, 6) is 0.726. The van der Waals surface area contributed by atoms with E-state index in [2.05, 4.69) is 71.7 Å². The maximum absolute atomic E-state index is 6.02. The standard InChI is InChI=1S/C18H21ClN2.C7H8/c19-17-6-8-18(9-7-17)21(14-16-10-11-20-12-16)13-15-4-2-1-3-5-15;1-7-5-3-2-4-6-7/h1-9,16,20H,10-14H2;2-6H,1H3. The van der Waals surface area contributed by atoms with Gasteiger partial charge in [0.1, 0.15) is 0 Å². The van der Waals surface area contributed by atoms with E-state index in [-0.39, 0.29) is 0 Å². The fourth-order valence-electron chi connectivity index (χ4n) is 3.43. The fraction of sp³-hybridized carbons (Fsp3) is 0.280. The van der Waals surface area contributed by atoms with E-state index in [4.69, 9.17) is 11.6 Å². The third-order valence-electron chi connectivity index (χ3n) is 4.99. The molecule has 146 valence electrons. The van der Waals surface area contributed by atoms with Crippen LogP contribution in [0.25, 0.3) is 0 Å². The summed E-state index contributed by atoms with van der Waals surface area (Å²) < 4.78 is 0. The van der Waals surface area contributed by atoms with E-state index in [1.807, 2.05) is 30.3 Å². The first kappa shape index (κ1) is 20.4. The second-order valence-corrected chi connectivity index (χ2v) is 7.79. The van der Waals surface area contributed by atoms with Crippen molar-refractivity contribution in [3.8, 4) is 0 Å². The molecule has 1 heterocycles. The van der Waals surface area contributed by atoms with Crippen molar-refractivity contribution >= 4 is 17.3 Å². The van der Waals surface area contributed by atoms with E-state index in [0.717, 1.165) is 37.1 Å². The average molecular weight is 393 g/mol. The van der Waals surface area contributed by atoms with Crippen LogP contribution in [0.3, 0.4) is 0 Å². The molecule has 0 spiro atoms. The quantitative estimate of drug-likeness (QED) is 0.577. The Hall–Kier alpha value is -2.29. The van der Waals surface area contributed by atoms with Gasteiger partial charge in [0.2, 0.25) is 0 Å². The van der Waals surface area contributed by atoms with Crippen molar-refractivity contribution in [3.05, 3.63) is 101 Å². The Kier molecular flexibility index (Phi) is 7.95. The van der Waals surface area contributed by atoms with Gasteiger partial charge in [-0.15, -0.1) is 0 Å². The van der Waals surface area contributed by atoms with Crippen molar-refractivity contribution in [2.45, 2.75) is 19.9 Å². The monoisotopic (exact) mass is 392 g/mol. The Labute approximate surface area is 174 Å². The summed E-state index contributed by atoms with van der Waals surface area (Å²) in [6, 6.07) is 29.1. The summed E-state index contributed by atoms with van der Waals surface area (Å²) in [5, 5.41) is 4.25. The number of hydrogen-bond donors (Lipinski definition) is 1. The molecule has 3 aromatic rings. The lowest BCUT2D eigenvalue weighted by Crippen LogP contribution is -2.30. The Balaban J connectivity index is 0.000000271. The highest BCUT2D eigenvalue weighted by atomic mass is 35.5. The largest absolute Gasteiger partial charge is 0.367 e. The number of benzene rings is 3. The molecule has 3 heteroatoms. The second-order valence-electron chi connectivity index (χ2n) is 7.36. The van der Waals surface area contributed by atoms with Crippen LogP contribution in [0.15, 0.2) is 84.9 Å². The first-order valence-corrected chi connectivity index (χ1v) is 10.4. The molecule has 0 aromatic heterocycles. The molecule has 0 bridgehead atoms. The van der Waals surface area contributed by atoms with Crippen molar-refractivity contribution in [2.75, 3.05) is 24.5 Å². The molecule has 4 rings (SSSR count). The third-order valence-corrected chi connectivity index (χ3v) is 5.24. The van der Waals surface area contributed by atoms with Crippen molar-refractivity contribution < 1.29 is 0 Å². The van der Waals surface area contributed by atoms with Gasteiger partial charge >= 0.3 is 0 Å². The van der Waals surface area contributed by atoms with E-state index in [1.165, 1.54) is 23.2 Å². The first-order chi connectivity index (χ1) is 13.7.